The summed E-state index contributed by atoms with van der Waals surface area (Å²) in [5.74, 6) is -1.53. The van der Waals surface area contributed by atoms with Gasteiger partial charge < -0.3 is 21.1 Å². The molecule has 3 rings (SSSR count). The third-order valence-corrected chi connectivity index (χ3v) is 4.51. The number of carbonyl (C=O) groups is 2. The zero-order chi connectivity index (χ0) is 25.8. The van der Waals surface area contributed by atoms with Gasteiger partial charge in [-0.3, -0.25) is 4.79 Å². The first-order chi connectivity index (χ1) is 16.5. The Kier molecular flexibility index (Phi) is 10.0. The van der Waals surface area contributed by atoms with Crippen molar-refractivity contribution in [2.45, 2.75) is 33.0 Å². The Bertz CT molecular complexity index is 1120. The van der Waals surface area contributed by atoms with Crippen LogP contribution in [0.4, 0.5) is 30.6 Å². The molecule has 0 bridgehead atoms. The van der Waals surface area contributed by atoms with Crippen molar-refractivity contribution in [1.29, 1.82) is 0 Å². The van der Waals surface area contributed by atoms with E-state index in [9.17, 15) is 18.0 Å². The standard InChI is InChI=1S/C22H25N5O.C2HF3O2/c1-16-8-6-7-9-18(16)15-24-22-25-17(2)14-20(27-22)23-13-12-21(28)26-19-10-4-3-5-11-19;3-2(4,5)1(6)7/h3-11,14H,12-13,15H2,1-2H3,(H,26,28)(H2,23,24,25,27);(H,6,7). The van der Waals surface area contributed by atoms with E-state index in [1.807, 2.05) is 55.5 Å². The van der Waals surface area contributed by atoms with Gasteiger partial charge in [0, 0.05) is 37.0 Å². The smallest absolute Gasteiger partial charge is 0.475 e. The lowest BCUT2D eigenvalue weighted by molar-refractivity contribution is -0.192. The fourth-order valence-electron chi connectivity index (χ4n) is 2.77. The number of hydrogen-bond acceptors (Lipinski definition) is 6. The zero-order valence-electron chi connectivity index (χ0n) is 19.2. The molecule has 0 radical (unpaired) electrons. The summed E-state index contributed by atoms with van der Waals surface area (Å²) in [5.41, 5.74) is 4.09. The summed E-state index contributed by atoms with van der Waals surface area (Å²) < 4.78 is 31.7. The minimum absolute atomic E-state index is 0.0395. The lowest BCUT2D eigenvalue weighted by Crippen LogP contribution is -2.21. The van der Waals surface area contributed by atoms with Crippen molar-refractivity contribution in [2.75, 3.05) is 22.5 Å². The van der Waals surface area contributed by atoms with E-state index in [2.05, 4.69) is 45.0 Å². The van der Waals surface area contributed by atoms with Gasteiger partial charge in [0.2, 0.25) is 11.9 Å². The third kappa shape index (κ3) is 10.1. The van der Waals surface area contributed by atoms with Crippen LogP contribution in [0.3, 0.4) is 0 Å². The van der Waals surface area contributed by atoms with Crippen molar-refractivity contribution in [3.05, 3.63) is 77.5 Å². The average molecular weight is 489 g/mol. The van der Waals surface area contributed by atoms with E-state index < -0.39 is 12.1 Å². The molecule has 0 unspecified atom stereocenters. The number of carboxylic acid groups (broad SMARTS) is 1. The molecule has 8 nitrogen and oxygen atoms in total. The molecule has 0 fully saturated rings. The van der Waals surface area contributed by atoms with Gasteiger partial charge >= 0.3 is 12.1 Å². The van der Waals surface area contributed by atoms with Gasteiger partial charge in [-0.15, -0.1) is 0 Å². The summed E-state index contributed by atoms with van der Waals surface area (Å²) in [4.78, 5) is 29.9. The van der Waals surface area contributed by atoms with E-state index in [-0.39, 0.29) is 5.91 Å². The van der Waals surface area contributed by atoms with Crippen LogP contribution in [0.5, 0.6) is 0 Å². The number of carbonyl (C=O) groups excluding carboxylic acids is 1. The van der Waals surface area contributed by atoms with Gasteiger partial charge in [-0.05, 0) is 37.1 Å². The molecule has 186 valence electrons. The quantitative estimate of drug-likeness (QED) is 0.360. The fourth-order valence-corrected chi connectivity index (χ4v) is 2.77. The Morgan fingerprint density at radius 1 is 0.943 bits per heavy atom. The monoisotopic (exact) mass is 489 g/mol. The molecule has 11 heteroatoms. The van der Waals surface area contributed by atoms with Crippen molar-refractivity contribution >= 4 is 29.3 Å². The van der Waals surface area contributed by atoms with E-state index in [4.69, 9.17) is 9.90 Å². The fraction of sp³-hybridized carbons (Fsp3) is 0.250. The van der Waals surface area contributed by atoms with Crippen LogP contribution in [-0.4, -0.2) is 39.7 Å². The molecule has 0 aliphatic carbocycles. The normalized spacial score (nSPS) is 10.5. The van der Waals surface area contributed by atoms with Crippen molar-refractivity contribution in [1.82, 2.24) is 9.97 Å². The van der Waals surface area contributed by atoms with Gasteiger partial charge in [0.05, 0.1) is 0 Å². The van der Waals surface area contributed by atoms with Crippen LogP contribution >= 0.6 is 0 Å². The number of para-hydroxylation sites is 1. The maximum absolute atomic E-state index is 12.0. The van der Waals surface area contributed by atoms with Gasteiger partial charge in [0.25, 0.3) is 0 Å². The molecule has 1 aromatic heterocycles. The summed E-state index contributed by atoms with van der Waals surface area (Å²) in [6.07, 6.45) is -4.73. The highest BCUT2D eigenvalue weighted by atomic mass is 19.4. The van der Waals surface area contributed by atoms with Crippen LogP contribution in [-0.2, 0) is 16.1 Å². The highest BCUT2D eigenvalue weighted by molar-refractivity contribution is 5.90. The summed E-state index contributed by atoms with van der Waals surface area (Å²) in [5, 5.41) is 16.5. The number of aliphatic carboxylic acids is 1. The number of aryl methyl sites for hydroxylation is 2. The molecule has 0 saturated carbocycles. The van der Waals surface area contributed by atoms with Crippen molar-refractivity contribution in [3.63, 3.8) is 0 Å². The van der Waals surface area contributed by atoms with E-state index in [1.165, 1.54) is 11.1 Å². The third-order valence-electron chi connectivity index (χ3n) is 4.51. The lowest BCUT2D eigenvalue weighted by Gasteiger charge is -2.11. The number of carboxylic acids is 1. The van der Waals surface area contributed by atoms with Crippen LogP contribution < -0.4 is 16.0 Å². The number of hydrogen-bond donors (Lipinski definition) is 4. The highest BCUT2D eigenvalue weighted by Crippen LogP contribution is 2.14. The highest BCUT2D eigenvalue weighted by Gasteiger charge is 2.38. The Morgan fingerprint density at radius 3 is 2.20 bits per heavy atom. The topological polar surface area (TPSA) is 116 Å². The lowest BCUT2D eigenvalue weighted by atomic mass is 10.1. The minimum atomic E-state index is -5.08. The number of alkyl halides is 3. The molecule has 35 heavy (non-hydrogen) atoms. The van der Waals surface area contributed by atoms with Crippen LogP contribution in [0.1, 0.15) is 23.2 Å². The molecule has 1 heterocycles. The molecule has 2 aromatic carbocycles. The van der Waals surface area contributed by atoms with Crippen molar-refractivity contribution < 1.29 is 27.9 Å². The second kappa shape index (κ2) is 12.9. The van der Waals surface area contributed by atoms with Gasteiger partial charge in [0.15, 0.2) is 0 Å². The molecule has 0 spiro atoms. The predicted octanol–water partition coefficient (Wildman–Crippen LogP) is 4.78. The number of amides is 1. The van der Waals surface area contributed by atoms with E-state index in [1.54, 1.807) is 0 Å². The van der Waals surface area contributed by atoms with Crippen molar-refractivity contribution in [2.24, 2.45) is 0 Å². The largest absolute Gasteiger partial charge is 0.490 e. The van der Waals surface area contributed by atoms with Crippen LogP contribution in [0.25, 0.3) is 0 Å². The Labute approximate surface area is 200 Å². The summed E-state index contributed by atoms with van der Waals surface area (Å²) in [7, 11) is 0. The van der Waals surface area contributed by atoms with Gasteiger partial charge in [-0.2, -0.15) is 18.2 Å². The SMILES string of the molecule is Cc1cc(NCCC(=O)Nc2ccccc2)nc(NCc2ccccc2C)n1.O=C(O)C(F)(F)F. The summed E-state index contributed by atoms with van der Waals surface area (Å²) >= 11 is 0. The van der Waals surface area contributed by atoms with Crippen LogP contribution in [0.15, 0.2) is 60.7 Å². The summed E-state index contributed by atoms with van der Waals surface area (Å²) in [6, 6.07) is 19.5. The Morgan fingerprint density at radius 2 is 1.57 bits per heavy atom. The van der Waals surface area contributed by atoms with Gasteiger partial charge in [-0.25, -0.2) is 9.78 Å². The van der Waals surface area contributed by atoms with E-state index in [0.29, 0.717) is 31.3 Å². The number of benzene rings is 2. The zero-order valence-corrected chi connectivity index (χ0v) is 19.2. The molecule has 0 atom stereocenters. The van der Waals surface area contributed by atoms with Crippen LogP contribution in [0, 0.1) is 13.8 Å². The maximum Gasteiger partial charge on any atom is 0.490 e. The second-order valence-corrected chi connectivity index (χ2v) is 7.39. The predicted molar refractivity (Wildman–Crippen MR) is 127 cm³/mol. The van der Waals surface area contributed by atoms with E-state index in [0.717, 1.165) is 11.4 Å². The second-order valence-electron chi connectivity index (χ2n) is 7.39. The van der Waals surface area contributed by atoms with Gasteiger partial charge in [0.1, 0.15) is 5.82 Å². The maximum atomic E-state index is 12.0. The molecule has 0 aliphatic heterocycles. The number of rotatable bonds is 8. The molecule has 1 amide bonds. The molecule has 0 saturated heterocycles. The van der Waals surface area contributed by atoms with Crippen molar-refractivity contribution in [3.8, 4) is 0 Å². The number of halogens is 3. The molecular formula is C24H26F3N5O3. The number of nitrogens with one attached hydrogen (secondary N) is 3. The first kappa shape index (κ1) is 27.1. The molecular weight excluding hydrogens is 463 g/mol. The Hall–Kier alpha value is -4.15. The minimum Gasteiger partial charge on any atom is -0.475 e. The molecule has 0 aliphatic rings. The first-order valence-corrected chi connectivity index (χ1v) is 10.6. The Balaban J connectivity index is 0.000000540. The summed E-state index contributed by atoms with van der Waals surface area (Å²) in [6.45, 7) is 5.16. The van der Waals surface area contributed by atoms with Crippen LogP contribution in [0.2, 0.25) is 0 Å². The molecule has 4 N–H and O–H groups in total. The number of nitrogens with zero attached hydrogens (tertiary/aromatic N) is 2. The molecule has 3 aromatic rings. The van der Waals surface area contributed by atoms with E-state index >= 15 is 0 Å². The first-order valence-electron chi connectivity index (χ1n) is 10.6. The number of aromatic nitrogens is 2. The average Bonchev–Trinajstić information content (AvgIpc) is 2.79. The van der Waals surface area contributed by atoms with Gasteiger partial charge in [-0.1, -0.05) is 42.5 Å². The number of anilines is 3.